The smallest absolute Gasteiger partial charge is 1.00 e. The fourth-order valence-electron chi connectivity index (χ4n) is 8.52. The molecule has 247 valence electrons. The van der Waals surface area contributed by atoms with Gasteiger partial charge in [-0.05, 0) is 0 Å². The number of allylic oxidation sites excluding steroid dienone is 4. The van der Waals surface area contributed by atoms with Gasteiger partial charge >= 0.3 is 296 Å². The largest absolute Gasteiger partial charge is 1.00 e. The van der Waals surface area contributed by atoms with Crippen LogP contribution in [0.5, 0.6) is 0 Å². The zero-order chi connectivity index (χ0) is 32.5. The molecule has 5 heteroatoms. The minimum absolute atomic E-state index is 0. The molecule has 0 heterocycles. The summed E-state index contributed by atoms with van der Waals surface area (Å²) < 4.78 is 1.49. The molecule has 0 radical (unpaired) electrons. The van der Waals surface area contributed by atoms with Crippen molar-refractivity contribution < 1.29 is 49.5 Å². The van der Waals surface area contributed by atoms with Gasteiger partial charge in [0.1, 0.15) is 0 Å². The van der Waals surface area contributed by atoms with Crippen LogP contribution in [0.15, 0.2) is 103 Å². The second-order valence-electron chi connectivity index (χ2n) is 13.4. The molecule has 0 fully saturated rings. The number of halogens is 2. The third-order valence-electron chi connectivity index (χ3n) is 11.9. The minimum atomic E-state index is -1.46. The SMILES string of the molecule is CC[Si](CC)(CC)c1ccc(C(c2ccc([Si](CC)(CC)CC)cc2)=c2ccc3c(c2C2=CC=CC2)[C]([Zr+2])=c2ccccc2=3)cc1.[Cl-].[Cl-]. The van der Waals surface area contributed by atoms with Gasteiger partial charge in [0.15, 0.2) is 0 Å². The van der Waals surface area contributed by atoms with E-state index in [0.29, 0.717) is 0 Å². The zero-order valence-corrected chi connectivity index (χ0v) is 35.5. The van der Waals surface area contributed by atoms with E-state index >= 15 is 0 Å². The molecule has 0 N–H and O–H groups in total. The van der Waals surface area contributed by atoms with Crippen LogP contribution in [0.3, 0.4) is 0 Å². The quantitative estimate of drug-likeness (QED) is 0.206. The first-order valence-electron chi connectivity index (χ1n) is 17.7. The van der Waals surface area contributed by atoms with Crippen molar-refractivity contribution in [1.82, 2.24) is 0 Å². The molecule has 0 amide bonds. The monoisotopic (exact) mass is 781 g/mol. The van der Waals surface area contributed by atoms with Gasteiger partial charge in [0, 0.05) is 0 Å². The Hall–Kier alpha value is -2.00. The molecule has 0 saturated carbocycles. The zero-order valence-electron chi connectivity index (χ0n) is 29.5. The van der Waals surface area contributed by atoms with Crippen LogP contribution in [-0.2, 0) is 24.7 Å². The van der Waals surface area contributed by atoms with Crippen LogP contribution in [0.2, 0.25) is 36.3 Å². The molecule has 2 aliphatic carbocycles. The van der Waals surface area contributed by atoms with Crippen LogP contribution in [0.25, 0.3) is 14.4 Å². The first-order valence-corrected chi connectivity index (χ1v) is 24.2. The van der Waals surface area contributed by atoms with Crippen molar-refractivity contribution in [2.45, 2.75) is 84.2 Å². The third kappa shape index (κ3) is 6.60. The van der Waals surface area contributed by atoms with Crippen molar-refractivity contribution in [2.24, 2.45) is 0 Å². The van der Waals surface area contributed by atoms with Gasteiger partial charge in [-0.15, -0.1) is 0 Å². The van der Waals surface area contributed by atoms with Crippen molar-refractivity contribution in [3.05, 3.63) is 146 Å². The van der Waals surface area contributed by atoms with E-state index in [1.165, 1.54) is 119 Å². The molecule has 2 aliphatic rings. The summed E-state index contributed by atoms with van der Waals surface area (Å²) in [5.74, 6) is 0. The Bertz CT molecular complexity index is 1950. The first kappa shape index (κ1) is 38.8. The van der Waals surface area contributed by atoms with Crippen LogP contribution in [0, 0.1) is 10.4 Å². The summed E-state index contributed by atoms with van der Waals surface area (Å²) in [6, 6.07) is 41.6. The normalized spacial score (nSPS) is 13.4. The first-order chi connectivity index (χ1) is 22.4. The number of rotatable bonds is 11. The van der Waals surface area contributed by atoms with E-state index in [9.17, 15) is 0 Å². The number of fused-ring (bicyclic) bond motifs is 2. The maximum Gasteiger partial charge on any atom is -1.00 e. The maximum atomic E-state index is 2.50. The Balaban J connectivity index is 0.00000260. The van der Waals surface area contributed by atoms with Crippen molar-refractivity contribution in [1.29, 1.82) is 0 Å². The summed E-state index contributed by atoms with van der Waals surface area (Å²) in [6.45, 7) is 14.5. The number of benzene rings is 4. The molecule has 4 aromatic carbocycles. The van der Waals surface area contributed by atoms with Crippen molar-refractivity contribution in [2.75, 3.05) is 0 Å². The summed E-state index contributed by atoms with van der Waals surface area (Å²) in [5.41, 5.74) is 8.38. The van der Waals surface area contributed by atoms with E-state index in [1.807, 2.05) is 0 Å². The molecule has 0 spiro atoms. The van der Waals surface area contributed by atoms with Gasteiger partial charge in [-0.25, -0.2) is 0 Å². The molecule has 0 atom stereocenters. The maximum absolute atomic E-state index is 2.50. The van der Waals surface area contributed by atoms with E-state index in [1.54, 1.807) is 10.4 Å². The summed E-state index contributed by atoms with van der Waals surface area (Å²) >= 11 is 1.48. The van der Waals surface area contributed by atoms with Crippen LogP contribution >= 0.6 is 0 Å². The molecule has 0 nitrogen and oxygen atoms in total. The van der Waals surface area contributed by atoms with Gasteiger partial charge in [-0.1, -0.05) is 0 Å². The van der Waals surface area contributed by atoms with Crippen molar-refractivity contribution in [3.63, 3.8) is 0 Å². The van der Waals surface area contributed by atoms with Crippen LogP contribution in [0.4, 0.5) is 0 Å². The predicted molar refractivity (Wildman–Crippen MR) is 202 cm³/mol. The molecule has 0 aliphatic heterocycles. The van der Waals surface area contributed by atoms with Crippen LogP contribution in [0.1, 0.15) is 70.2 Å². The van der Waals surface area contributed by atoms with Gasteiger partial charge in [-0.3, -0.25) is 0 Å². The molecule has 6 rings (SSSR count). The fourth-order valence-corrected chi connectivity index (χ4v) is 16.9. The van der Waals surface area contributed by atoms with Gasteiger partial charge in [0.2, 0.25) is 0 Å². The van der Waals surface area contributed by atoms with Gasteiger partial charge < -0.3 is 24.8 Å². The molecule has 0 aromatic heterocycles. The second-order valence-corrected chi connectivity index (χ2v) is 25.1. The molecule has 0 bridgehead atoms. The Morgan fingerprint density at radius 1 is 0.562 bits per heavy atom. The molecule has 48 heavy (non-hydrogen) atoms. The van der Waals surface area contributed by atoms with Crippen molar-refractivity contribution >= 4 is 40.9 Å². The standard InChI is InChI=1S/C43H49Si2.2ClH.Zr/c1-7-44(8-2,9-3)36-25-21-33(22-26-36)42(34-23-27-37(28-24-34)45(10-4,11-5)12-6)40-30-29-39-38-20-16-15-19-35(38)31-41(39)43(40)32-17-13-14-18-32;;;/h13-17,19-30H,7-12,18H2,1-6H3;2*1H;/q;;;+2/p-2. The second kappa shape index (κ2) is 16.3. The Kier molecular flexibility index (Phi) is 13.2. The van der Waals surface area contributed by atoms with Crippen LogP contribution < -0.4 is 45.6 Å². The Morgan fingerprint density at radius 2 is 1.04 bits per heavy atom. The van der Waals surface area contributed by atoms with Crippen molar-refractivity contribution in [3.8, 4) is 0 Å². The topological polar surface area (TPSA) is 0 Å². The molecule has 4 aromatic rings. The average molecular weight is 784 g/mol. The van der Waals surface area contributed by atoms with E-state index < -0.39 is 16.1 Å². The number of hydrogen-bond acceptors (Lipinski definition) is 0. The van der Waals surface area contributed by atoms with E-state index in [0.717, 1.165) is 6.42 Å². The fraction of sp³-hybridized carbons (Fsp3) is 0.302. The Labute approximate surface area is 318 Å². The molecular weight excluding hydrogens is 735 g/mol. The van der Waals surface area contributed by atoms with E-state index in [4.69, 9.17) is 0 Å². The predicted octanol–water partition coefficient (Wildman–Crippen LogP) is 3.02. The molecule has 0 saturated heterocycles. The molecule has 0 unspecified atom stereocenters. The minimum Gasteiger partial charge on any atom is -1.00 e. The van der Waals surface area contributed by atoms with Gasteiger partial charge in [-0.2, -0.15) is 0 Å². The van der Waals surface area contributed by atoms with E-state index in [2.05, 4.69) is 145 Å². The summed E-state index contributed by atoms with van der Waals surface area (Å²) in [7, 11) is -2.93. The summed E-state index contributed by atoms with van der Waals surface area (Å²) in [5, 5.41) is 8.80. The molecular formula is C43H49Cl2Si2Zr. The van der Waals surface area contributed by atoms with Crippen LogP contribution in [-0.4, -0.2) is 16.1 Å². The van der Waals surface area contributed by atoms with E-state index in [-0.39, 0.29) is 24.8 Å². The van der Waals surface area contributed by atoms with Gasteiger partial charge in [0.25, 0.3) is 0 Å². The number of hydrogen-bond donors (Lipinski definition) is 0. The Morgan fingerprint density at radius 3 is 1.48 bits per heavy atom. The summed E-state index contributed by atoms with van der Waals surface area (Å²) in [4.78, 5) is 0. The third-order valence-corrected chi connectivity index (χ3v) is 24.5. The summed E-state index contributed by atoms with van der Waals surface area (Å²) in [6.07, 6.45) is 7.93. The van der Waals surface area contributed by atoms with Gasteiger partial charge in [0.05, 0.1) is 0 Å². The average Bonchev–Trinajstić information content (AvgIpc) is 3.75.